The maximum Gasteiger partial charge on any atom is 0.404 e. The second-order valence-electron chi connectivity index (χ2n) is 2.73. The molecule has 0 saturated carbocycles. The Morgan fingerprint density at radius 3 is 3.08 bits per heavy atom. The Kier molecular flexibility index (Phi) is 3.33. The van der Waals surface area contributed by atoms with Gasteiger partial charge in [0.2, 0.25) is 0 Å². The van der Waals surface area contributed by atoms with Crippen LogP contribution < -0.4 is 11.1 Å². The first-order valence-electron chi connectivity index (χ1n) is 3.93. The molecule has 1 amide bonds. The van der Waals surface area contributed by atoms with Crippen LogP contribution in [0.2, 0.25) is 0 Å². The maximum absolute atomic E-state index is 10.1. The van der Waals surface area contributed by atoms with E-state index < -0.39 is 6.09 Å². The Hall–Kier alpha value is -1.49. The van der Waals surface area contributed by atoms with Gasteiger partial charge in [0.1, 0.15) is 5.76 Å². The number of carboxylic acid groups (broad SMARTS) is 1. The molecule has 1 aromatic heterocycles. The molecule has 5 nitrogen and oxygen atoms in total. The van der Waals surface area contributed by atoms with Crippen LogP contribution in [0.4, 0.5) is 4.79 Å². The van der Waals surface area contributed by atoms with E-state index in [0.717, 1.165) is 5.76 Å². The summed E-state index contributed by atoms with van der Waals surface area (Å²) in [5.41, 5.74) is 5.63. The quantitative estimate of drug-likeness (QED) is 0.632. The molecular weight excluding hydrogens is 172 g/mol. The van der Waals surface area contributed by atoms with Crippen LogP contribution in [0.1, 0.15) is 5.76 Å². The summed E-state index contributed by atoms with van der Waals surface area (Å²) in [6.45, 7) is 0.232. The number of nitrogens with two attached hydrogens (primary N) is 1. The second kappa shape index (κ2) is 4.51. The summed E-state index contributed by atoms with van der Waals surface area (Å²) >= 11 is 0. The predicted molar refractivity (Wildman–Crippen MR) is 46.4 cm³/mol. The summed E-state index contributed by atoms with van der Waals surface area (Å²) < 4.78 is 5.06. The van der Waals surface area contributed by atoms with Gasteiger partial charge >= 0.3 is 6.09 Å². The normalized spacial score (nSPS) is 12.4. The van der Waals surface area contributed by atoms with Crippen LogP contribution in [0.5, 0.6) is 0 Å². The van der Waals surface area contributed by atoms with Gasteiger partial charge in [0, 0.05) is 19.0 Å². The molecule has 0 unspecified atom stereocenters. The summed E-state index contributed by atoms with van der Waals surface area (Å²) in [6.07, 6.45) is 1.04. The smallest absolute Gasteiger partial charge is 0.404 e. The van der Waals surface area contributed by atoms with Crippen molar-refractivity contribution in [2.24, 2.45) is 5.73 Å². The van der Waals surface area contributed by atoms with E-state index in [1.165, 1.54) is 0 Å². The van der Waals surface area contributed by atoms with Gasteiger partial charge in [-0.2, -0.15) is 0 Å². The third kappa shape index (κ3) is 3.62. The fourth-order valence-electron chi connectivity index (χ4n) is 0.978. The highest BCUT2D eigenvalue weighted by Gasteiger charge is 2.06. The Morgan fingerprint density at radius 2 is 2.54 bits per heavy atom. The molecule has 5 heteroatoms. The van der Waals surface area contributed by atoms with Gasteiger partial charge in [-0.05, 0) is 12.1 Å². The predicted octanol–water partition coefficient (Wildman–Crippen LogP) is 0.417. The molecule has 0 saturated heterocycles. The van der Waals surface area contributed by atoms with Crippen molar-refractivity contribution in [1.29, 1.82) is 0 Å². The summed E-state index contributed by atoms with van der Waals surface area (Å²) in [7, 11) is 0. The van der Waals surface area contributed by atoms with Gasteiger partial charge < -0.3 is 20.6 Å². The molecule has 0 fully saturated rings. The molecule has 4 N–H and O–H groups in total. The van der Waals surface area contributed by atoms with E-state index in [4.69, 9.17) is 15.3 Å². The Labute approximate surface area is 75.5 Å². The lowest BCUT2D eigenvalue weighted by Gasteiger charge is -2.08. The van der Waals surface area contributed by atoms with Crippen molar-refractivity contribution >= 4 is 6.09 Å². The van der Waals surface area contributed by atoms with Crippen molar-refractivity contribution in [2.45, 2.75) is 12.5 Å². The van der Waals surface area contributed by atoms with Crippen LogP contribution in [0, 0.1) is 0 Å². The highest BCUT2D eigenvalue weighted by Crippen LogP contribution is 2.02. The van der Waals surface area contributed by atoms with Crippen LogP contribution in [-0.2, 0) is 6.42 Å². The first-order chi connectivity index (χ1) is 6.18. The number of carbonyl (C=O) groups is 1. The van der Waals surface area contributed by atoms with Crippen LogP contribution in [0.25, 0.3) is 0 Å². The summed E-state index contributed by atoms with van der Waals surface area (Å²) in [4.78, 5) is 10.1. The first-order valence-corrected chi connectivity index (χ1v) is 3.93. The lowest BCUT2D eigenvalue weighted by Crippen LogP contribution is -2.37. The zero-order valence-electron chi connectivity index (χ0n) is 7.06. The molecule has 1 rings (SSSR count). The Morgan fingerprint density at radius 1 is 1.77 bits per heavy atom. The van der Waals surface area contributed by atoms with Crippen LogP contribution >= 0.6 is 0 Å². The molecule has 1 heterocycles. The number of furan rings is 1. The lowest BCUT2D eigenvalue weighted by molar-refractivity contribution is 0.193. The molecule has 1 aromatic rings. The molecule has 0 aliphatic heterocycles. The van der Waals surface area contributed by atoms with Crippen LogP contribution in [0.15, 0.2) is 22.8 Å². The van der Waals surface area contributed by atoms with Crippen molar-refractivity contribution in [2.75, 3.05) is 6.54 Å². The minimum Gasteiger partial charge on any atom is -0.469 e. The van der Waals surface area contributed by atoms with Gasteiger partial charge in [-0.1, -0.05) is 0 Å². The average Bonchev–Trinajstić information content (AvgIpc) is 2.53. The van der Waals surface area contributed by atoms with E-state index in [0.29, 0.717) is 6.42 Å². The Balaban J connectivity index is 2.25. The first kappa shape index (κ1) is 9.60. The van der Waals surface area contributed by atoms with Crippen molar-refractivity contribution in [1.82, 2.24) is 5.32 Å². The average molecular weight is 184 g/mol. The standard InChI is InChI=1S/C8H12N2O3/c9-6(5-10-8(11)12)4-7-2-1-3-13-7/h1-3,6,10H,4-5,9H2,(H,11,12)/t6-/m0/s1. The summed E-state index contributed by atoms with van der Waals surface area (Å²) in [5.74, 6) is 0.764. The van der Waals surface area contributed by atoms with Crippen LogP contribution in [-0.4, -0.2) is 23.8 Å². The van der Waals surface area contributed by atoms with Crippen molar-refractivity contribution in [3.8, 4) is 0 Å². The van der Waals surface area contributed by atoms with Gasteiger partial charge in [-0.15, -0.1) is 0 Å². The minimum atomic E-state index is -1.06. The topological polar surface area (TPSA) is 88.5 Å². The van der Waals surface area contributed by atoms with Gasteiger partial charge in [-0.3, -0.25) is 0 Å². The third-order valence-corrected chi connectivity index (χ3v) is 1.56. The number of amides is 1. The number of rotatable bonds is 4. The van der Waals surface area contributed by atoms with Gasteiger partial charge in [-0.25, -0.2) is 4.79 Å². The van der Waals surface area contributed by atoms with E-state index in [9.17, 15) is 4.79 Å². The molecule has 0 aliphatic rings. The van der Waals surface area contributed by atoms with E-state index in [1.807, 2.05) is 0 Å². The molecule has 0 spiro atoms. The van der Waals surface area contributed by atoms with E-state index in [-0.39, 0.29) is 12.6 Å². The maximum atomic E-state index is 10.1. The molecule has 13 heavy (non-hydrogen) atoms. The summed E-state index contributed by atoms with van der Waals surface area (Å²) in [6, 6.07) is 3.33. The number of hydrogen-bond donors (Lipinski definition) is 3. The third-order valence-electron chi connectivity index (χ3n) is 1.56. The number of hydrogen-bond acceptors (Lipinski definition) is 3. The second-order valence-corrected chi connectivity index (χ2v) is 2.73. The van der Waals surface area contributed by atoms with Gasteiger partial charge in [0.05, 0.1) is 6.26 Å². The zero-order valence-corrected chi connectivity index (χ0v) is 7.06. The Bertz CT molecular complexity index is 258. The molecule has 0 aliphatic carbocycles. The van der Waals surface area contributed by atoms with Gasteiger partial charge in [0.15, 0.2) is 0 Å². The highest BCUT2D eigenvalue weighted by atomic mass is 16.4. The minimum absolute atomic E-state index is 0.232. The van der Waals surface area contributed by atoms with Crippen LogP contribution in [0.3, 0.4) is 0 Å². The molecular formula is C8H12N2O3. The van der Waals surface area contributed by atoms with E-state index in [1.54, 1.807) is 18.4 Å². The van der Waals surface area contributed by atoms with E-state index in [2.05, 4.69) is 5.32 Å². The molecule has 1 atom stereocenters. The van der Waals surface area contributed by atoms with Crippen molar-refractivity contribution in [3.63, 3.8) is 0 Å². The molecule has 0 bridgehead atoms. The molecule has 0 radical (unpaired) electrons. The fourth-order valence-corrected chi connectivity index (χ4v) is 0.978. The SMILES string of the molecule is N[C@H](CNC(=O)O)Cc1ccco1. The lowest BCUT2D eigenvalue weighted by atomic mass is 10.2. The number of nitrogens with one attached hydrogen (secondary N) is 1. The zero-order chi connectivity index (χ0) is 9.68. The van der Waals surface area contributed by atoms with E-state index >= 15 is 0 Å². The largest absolute Gasteiger partial charge is 0.469 e. The monoisotopic (exact) mass is 184 g/mol. The van der Waals surface area contributed by atoms with Crippen molar-refractivity contribution < 1.29 is 14.3 Å². The summed E-state index contributed by atoms with van der Waals surface area (Å²) in [5, 5.41) is 10.5. The van der Waals surface area contributed by atoms with Crippen molar-refractivity contribution in [3.05, 3.63) is 24.2 Å². The highest BCUT2D eigenvalue weighted by molar-refractivity contribution is 5.64. The fraction of sp³-hybridized carbons (Fsp3) is 0.375. The van der Waals surface area contributed by atoms with Gasteiger partial charge in [0.25, 0.3) is 0 Å². The molecule has 0 aromatic carbocycles. The molecule has 72 valence electrons.